The van der Waals surface area contributed by atoms with Crippen molar-refractivity contribution in [2.24, 2.45) is 0 Å². The number of carbonyl (C=O) groups excluding carboxylic acids is 1. The van der Waals surface area contributed by atoms with Crippen LogP contribution in [0.2, 0.25) is 0 Å². The monoisotopic (exact) mass is 236 g/mol. The largest absolute Gasteiger partial charge is 0.466 e. The highest BCUT2D eigenvalue weighted by molar-refractivity contribution is 5.94. The Morgan fingerprint density at radius 1 is 1.12 bits per heavy atom. The molecular formula is C13H16O4. The first-order valence-electron chi connectivity index (χ1n) is 5.13. The van der Waals surface area contributed by atoms with Gasteiger partial charge in [-0.05, 0) is 11.6 Å². The van der Waals surface area contributed by atoms with Gasteiger partial charge in [-0.25, -0.2) is 4.79 Å². The van der Waals surface area contributed by atoms with Gasteiger partial charge in [0.25, 0.3) is 0 Å². The first-order chi connectivity index (χ1) is 8.22. The van der Waals surface area contributed by atoms with Crippen LogP contribution in [-0.2, 0) is 19.0 Å². The van der Waals surface area contributed by atoms with Crippen LogP contribution in [0.15, 0.2) is 35.9 Å². The molecule has 0 N–H and O–H groups in total. The molecule has 1 aromatic carbocycles. The number of methoxy groups -OCH3 is 3. The van der Waals surface area contributed by atoms with Gasteiger partial charge in [-0.2, -0.15) is 0 Å². The lowest BCUT2D eigenvalue weighted by Crippen LogP contribution is -2.23. The predicted octanol–water partition coefficient (Wildman–Crippen LogP) is 1.86. The maximum atomic E-state index is 11.6. The molecule has 0 radical (unpaired) electrons. The number of hydrogen-bond donors (Lipinski definition) is 0. The van der Waals surface area contributed by atoms with Crippen molar-refractivity contribution in [2.75, 3.05) is 21.3 Å². The van der Waals surface area contributed by atoms with Crippen molar-refractivity contribution in [3.8, 4) is 0 Å². The molecule has 0 aromatic heterocycles. The Morgan fingerprint density at radius 3 is 2.18 bits per heavy atom. The molecule has 4 heteroatoms. The lowest BCUT2D eigenvalue weighted by molar-refractivity contribution is -0.143. The Hall–Kier alpha value is -1.65. The van der Waals surface area contributed by atoms with Gasteiger partial charge in [0.1, 0.15) is 0 Å². The van der Waals surface area contributed by atoms with Crippen molar-refractivity contribution in [3.63, 3.8) is 0 Å². The van der Waals surface area contributed by atoms with E-state index in [4.69, 9.17) is 14.2 Å². The third kappa shape index (κ3) is 3.69. The normalized spacial score (nSPS) is 11.6. The highest BCUT2D eigenvalue weighted by Gasteiger charge is 2.21. The first kappa shape index (κ1) is 13.4. The minimum Gasteiger partial charge on any atom is -0.466 e. The van der Waals surface area contributed by atoms with Gasteiger partial charge in [-0.3, -0.25) is 0 Å². The molecule has 0 amide bonds. The van der Waals surface area contributed by atoms with Crippen molar-refractivity contribution in [2.45, 2.75) is 6.29 Å². The van der Waals surface area contributed by atoms with E-state index in [1.807, 2.05) is 30.3 Å². The molecular weight excluding hydrogens is 220 g/mol. The summed E-state index contributed by atoms with van der Waals surface area (Å²) in [7, 11) is 4.26. The fraction of sp³-hybridized carbons (Fsp3) is 0.308. The molecule has 17 heavy (non-hydrogen) atoms. The molecule has 0 atom stereocenters. The molecule has 0 heterocycles. The van der Waals surface area contributed by atoms with Crippen molar-refractivity contribution in [1.29, 1.82) is 0 Å². The Morgan fingerprint density at radius 2 is 1.71 bits per heavy atom. The highest BCUT2D eigenvalue weighted by Crippen LogP contribution is 2.14. The van der Waals surface area contributed by atoms with Crippen LogP contribution in [0.25, 0.3) is 6.08 Å². The number of carbonyl (C=O) groups is 1. The summed E-state index contributed by atoms with van der Waals surface area (Å²) >= 11 is 0. The number of benzene rings is 1. The summed E-state index contributed by atoms with van der Waals surface area (Å²) in [4.78, 5) is 11.6. The quantitative estimate of drug-likeness (QED) is 0.444. The number of hydrogen-bond acceptors (Lipinski definition) is 4. The lowest BCUT2D eigenvalue weighted by Gasteiger charge is -2.15. The zero-order valence-corrected chi connectivity index (χ0v) is 10.2. The van der Waals surface area contributed by atoms with Crippen molar-refractivity contribution in [3.05, 3.63) is 41.5 Å². The molecule has 0 aliphatic carbocycles. The molecule has 1 rings (SSSR count). The van der Waals surface area contributed by atoms with Gasteiger partial charge < -0.3 is 14.2 Å². The van der Waals surface area contributed by atoms with Crippen LogP contribution in [0.4, 0.5) is 0 Å². The average molecular weight is 236 g/mol. The van der Waals surface area contributed by atoms with E-state index < -0.39 is 12.3 Å². The summed E-state index contributed by atoms with van der Waals surface area (Å²) in [6, 6.07) is 9.43. The van der Waals surface area contributed by atoms with Gasteiger partial charge >= 0.3 is 5.97 Å². The van der Waals surface area contributed by atoms with E-state index in [0.29, 0.717) is 5.57 Å². The van der Waals surface area contributed by atoms with Gasteiger partial charge in [0, 0.05) is 14.2 Å². The summed E-state index contributed by atoms with van der Waals surface area (Å²) < 4.78 is 14.8. The topological polar surface area (TPSA) is 44.8 Å². The summed E-state index contributed by atoms with van der Waals surface area (Å²) in [5.74, 6) is -0.470. The fourth-order valence-corrected chi connectivity index (χ4v) is 1.42. The molecule has 92 valence electrons. The van der Waals surface area contributed by atoms with Crippen LogP contribution in [0.3, 0.4) is 0 Å². The van der Waals surface area contributed by atoms with Gasteiger partial charge in [0.15, 0.2) is 6.29 Å². The average Bonchev–Trinajstić information content (AvgIpc) is 2.39. The minimum absolute atomic E-state index is 0.323. The smallest absolute Gasteiger partial charge is 0.338 e. The predicted molar refractivity (Wildman–Crippen MR) is 64.2 cm³/mol. The third-order valence-electron chi connectivity index (χ3n) is 2.22. The van der Waals surface area contributed by atoms with Gasteiger partial charge in [-0.15, -0.1) is 0 Å². The van der Waals surface area contributed by atoms with Crippen LogP contribution >= 0.6 is 0 Å². The van der Waals surface area contributed by atoms with Crippen molar-refractivity contribution < 1.29 is 19.0 Å². The Balaban J connectivity index is 3.06. The zero-order chi connectivity index (χ0) is 12.7. The summed E-state index contributed by atoms with van der Waals surface area (Å²) in [6.07, 6.45) is 0.950. The van der Waals surface area contributed by atoms with Crippen molar-refractivity contribution in [1.82, 2.24) is 0 Å². The maximum absolute atomic E-state index is 11.6. The van der Waals surface area contributed by atoms with E-state index in [1.165, 1.54) is 21.3 Å². The summed E-state index contributed by atoms with van der Waals surface area (Å²) in [6.45, 7) is 0. The third-order valence-corrected chi connectivity index (χ3v) is 2.22. The highest BCUT2D eigenvalue weighted by atomic mass is 16.7. The second-order valence-corrected chi connectivity index (χ2v) is 3.31. The second kappa shape index (κ2) is 6.83. The molecule has 1 aromatic rings. The fourth-order valence-electron chi connectivity index (χ4n) is 1.42. The molecule has 0 saturated carbocycles. The standard InChI is InChI=1S/C13H16O4/c1-15-12(14)11(13(16-2)17-3)9-10-7-5-4-6-8-10/h4-9,13H,1-3H3. The molecule has 0 aliphatic rings. The molecule has 0 fully saturated rings. The van der Waals surface area contributed by atoms with Crippen LogP contribution in [0.1, 0.15) is 5.56 Å². The van der Waals surface area contributed by atoms with E-state index in [2.05, 4.69) is 0 Å². The van der Waals surface area contributed by atoms with E-state index >= 15 is 0 Å². The Bertz CT molecular complexity index is 380. The van der Waals surface area contributed by atoms with E-state index in [-0.39, 0.29) is 0 Å². The summed E-state index contributed by atoms with van der Waals surface area (Å²) in [5.41, 5.74) is 1.20. The van der Waals surface area contributed by atoms with Crippen LogP contribution in [-0.4, -0.2) is 33.6 Å². The van der Waals surface area contributed by atoms with Crippen molar-refractivity contribution >= 4 is 12.0 Å². The zero-order valence-electron chi connectivity index (χ0n) is 10.2. The SMILES string of the molecule is COC(=O)C(=Cc1ccccc1)C(OC)OC. The Labute approximate surface area is 101 Å². The molecule has 0 spiro atoms. The van der Waals surface area contributed by atoms with Gasteiger partial charge in [-0.1, -0.05) is 30.3 Å². The van der Waals surface area contributed by atoms with E-state index in [9.17, 15) is 4.79 Å². The number of rotatable bonds is 5. The molecule has 0 saturated heterocycles. The summed E-state index contributed by atoms with van der Waals surface area (Å²) in [5, 5.41) is 0. The van der Waals surface area contributed by atoms with Crippen LogP contribution in [0, 0.1) is 0 Å². The van der Waals surface area contributed by atoms with Gasteiger partial charge in [0.2, 0.25) is 0 Å². The number of esters is 1. The maximum Gasteiger partial charge on any atom is 0.338 e. The molecule has 0 bridgehead atoms. The Kier molecular flexibility index (Phi) is 5.39. The van der Waals surface area contributed by atoms with E-state index in [0.717, 1.165) is 5.56 Å². The molecule has 0 unspecified atom stereocenters. The minimum atomic E-state index is -0.734. The molecule has 0 aliphatic heterocycles. The van der Waals surface area contributed by atoms with Crippen LogP contribution < -0.4 is 0 Å². The number of ether oxygens (including phenoxy) is 3. The van der Waals surface area contributed by atoms with Crippen LogP contribution in [0.5, 0.6) is 0 Å². The lowest BCUT2D eigenvalue weighted by atomic mass is 10.1. The van der Waals surface area contributed by atoms with E-state index in [1.54, 1.807) is 6.08 Å². The van der Waals surface area contributed by atoms with Gasteiger partial charge in [0.05, 0.1) is 12.7 Å². The second-order valence-electron chi connectivity index (χ2n) is 3.31. The molecule has 4 nitrogen and oxygen atoms in total. The first-order valence-corrected chi connectivity index (χ1v) is 5.13.